The van der Waals surface area contributed by atoms with Crippen LogP contribution in [0, 0.1) is 6.92 Å². The lowest BCUT2D eigenvalue weighted by molar-refractivity contribution is -0.116. The Labute approximate surface area is 139 Å². The first-order valence-electron chi connectivity index (χ1n) is 7.63. The summed E-state index contributed by atoms with van der Waals surface area (Å²) in [6.45, 7) is 3.95. The molecule has 0 saturated heterocycles. The molecule has 0 fully saturated rings. The van der Waals surface area contributed by atoms with Crippen molar-refractivity contribution in [2.24, 2.45) is 0 Å². The molecule has 2 aromatic carbocycles. The van der Waals surface area contributed by atoms with Gasteiger partial charge >= 0.3 is 0 Å². The van der Waals surface area contributed by atoms with Gasteiger partial charge < -0.3 is 10.3 Å². The van der Waals surface area contributed by atoms with Crippen molar-refractivity contribution in [3.63, 3.8) is 0 Å². The molecule has 3 aromatic rings. The van der Waals surface area contributed by atoms with E-state index >= 15 is 0 Å². The van der Waals surface area contributed by atoms with Crippen LogP contribution in [-0.2, 0) is 4.79 Å². The Kier molecular flexibility index (Phi) is 4.35. The number of fused-ring (bicyclic) bond motifs is 1. The summed E-state index contributed by atoms with van der Waals surface area (Å²) < 4.78 is 0. The van der Waals surface area contributed by atoms with Gasteiger partial charge in [-0.2, -0.15) is 0 Å². The second-order valence-electron chi connectivity index (χ2n) is 5.58. The van der Waals surface area contributed by atoms with Crippen molar-refractivity contribution < 1.29 is 4.79 Å². The molecule has 0 bridgehead atoms. The predicted octanol–water partition coefficient (Wildman–Crippen LogP) is 4.93. The zero-order chi connectivity index (χ0) is 16.4. The molecule has 3 rings (SSSR count). The molecule has 1 heterocycles. The van der Waals surface area contributed by atoms with Crippen molar-refractivity contribution in [1.82, 2.24) is 9.97 Å². The molecular weight excluding hydrogens is 310 g/mol. The maximum absolute atomic E-state index is 11.6. The van der Waals surface area contributed by atoms with E-state index < -0.39 is 0 Å². The number of imidazole rings is 1. The largest absolute Gasteiger partial charge is 0.338 e. The Hall–Kier alpha value is -2.33. The summed E-state index contributed by atoms with van der Waals surface area (Å²) in [4.78, 5) is 19.5. The summed E-state index contributed by atoms with van der Waals surface area (Å²) in [5.74, 6) is 0.821. The molecule has 0 saturated carbocycles. The summed E-state index contributed by atoms with van der Waals surface area (Å²) in [5.41, 5.74) is 4.58. The number of halogens is 1. The lowest BCUT2D eigenvalue weighted by Crippen LogP contribution is -2.10. The van der Waals surface area contributed by atoms with Crippen molar-refractivity contribution in [2.75, 3.05) is 5.32 Å². The first kappa shape index (κ1) is 15.6. The Morgan fingerprint density at radius 3 is 2.70 bits per heavy atom. The molecule has 23 heavy (non-hydrogen) atoms. The average Bonchev–Trinajstić information content (AvgIpc) is 2.91. The van der Waals surface area contributed by atoms with Gasteiger partial charge in [0.25, 0.3) is 0 Å². The van der Waals surface area contributed by atoms with E-state index in [-0.39, 0.29) is 5.91 Å². The first-order chi connectivity index (χ1) is 11.1. The highest BCUT2D eigenvalue weighted by Gasteiger charge is 2.08. The topological polar surface area (TPSA) is 57.8 Å². The number of nitrogens with zero attached hydrogens (tertiary/aromatic N) is 1. The highest BCUT2D eigenvalue weighted by molar-refractivity contribution is 6.32. The molecule has 0 spiro atoms. The Morgan fingerprint density at radius 1 is 1.26 bits per heavy atom. The normalized spacial score (nSPS) is 10.9. The maximum atomic E-state index is 11.6. The molecule has 0 atom stereocenters. The van der Waals surface area contributed by atoms with Crippen molar-refractivity contribution in [3.8, 4) is 11.4 Å². The van der Waals surface area contributed by atoms with Crippen LogP contribution in [0.15, 0.2) is 36.4 Å². The van der Waals surface area contributed by atoms with Gasteiger partial charge in [-0.05, 0) is 55.3 Å². The third-order valence-corrected chi connectivity index (χ3v) is 4.09. The molecule has 2 N–H and O–H groups in total. The standard InChI is InChI=1S/C18H18ClN3O/c1-3-4-17(23)20-13-7-5-12(6-8-13)18-21-15-9-11(2)14(19)10-16(15)22-18/h5-10H,3-4H2,1-2H3,(H,20,23)(H,21,22). The first-order valence-corrected chi connectivity index (χ1v) is 8.01. The number of aromatic nitrogens is 2. The molecular formula is C18H18ClN3O. The molecule has 4 nitrogen and oxygen atoms in total. The maximum Gasteiger partial charge on any atom is 0.224 e. The number of amides is 1. The summed E-state index contributed by atoms with van der Waals surface area (Å²) in [6.07, 6.45) is 1.37. The number of nitrogens with one attached hydrogen (secondary N) is 2. The van der Waals surface area contributed by atoms with Gasteiger partial charge in [0.2, 0.25) is 5.91 Å². The predicted molar refractivity (Wildman–Crippen MR) is 94.8 cm³/mol. The van der Waals surface area contributed by atoms with Gasteiger partial charge in [0.1, 0.15) is 5.82 Å². The summed E-state index contributed by atoms with van der Waals surface area (Å²) >= 11 is 6.14. The molecule has 0 radical (unpaired) electrons. The minimum atomic E-state index is 0.0362. The number of aromatic amines is 1. The number of carbonyl (C=O) groups is 1. The number of hydrogen-bond acceptors (Lipinski definition) is 2. The van der Waals surface area contributed by atoms with Gasteiger partial charge in [-0.25, -0.2) is 4.98 Å². The van der Waals surface area contributed by atoms with E-state index in [1.807, 2.05) is 50.2 Å². The number of H-pyrrole nitrogens is 1. The molecule has 5 heteroatoms. The average molecular weight is 328 g/mol. The lowest BCUT2D eigenvalue weighted by Gasteiger charge is -2.04. The molecule has 1 amide bonds. The van der Waals surface area contributed by atoms with Crippen molar-refractivity contribution in [1.29, 1.82) is 0 Å². The third kappa shape index (κ3) is 3.37. The second kappa shape index (κ2) is 6.42. The van der Waals surface area contributed by atoms with Crippen LogP contribution in [0.1, 0.15) is 25.3 Å². The van der Waals surface area contributed by atoms with Gasteiger partial charge in [-0.3, -0.25) is 4.79 Å². The highest BCUT2D eigenvalue weighted by atomic mass is 35.5. The van der Waals surface area contributed by atoms with E-state index in [1.54, 1.807) is 0 Å². The van der Waals surface area contributed by atoms with Gasteiger partial charge in [-0.15, -0.1) is 0 Å². The van der Waals surface area contributed by atoms with E-state index in [2.05, 4.69) is 15.3 Å². The van der Waals surface area contributed by atoms with Crippen LogP contribution in [0.25, 0.3) is 22.4 Å². The van der Waals surface area contributed by atoms with Gasteiger partial charge in [-0.1, -0.05) is 18.5 Å². The van der Waals surface area contributed by atoms with Crippen LogP contribution in [0.2, 0.25) is 5.02 Å². The Bertz CT molecular complexity index is 814. The van der Waals surface area contributed by atoms with Gasteiger partial charge in [0.05, 0.1) is 11.0 Å². The molecule has 0 aliphatic rings. The van der Waals surface area contributed by atoms with Crippen molar-refractivity contribution in [2.45, 2.75) is 26.7 Å². The van der Waals surface area contributed by atoms with Gasteiger partial charge in [0.15, 0.2) is 0 Å². The Balaban J connectivity index is 1.86. The van der Waals surface area contributed by atoms with Crippen molar-refractivity contribution in [3.05, 3.63) is 47.0 Å². The molecule has 1 aromatic heterocycles. The number of rotatable bonds is 4. The molecule has 0 unspecified atom stereocenters. The third-order valence-electron chi connectivity index (χ3n) is 3.68. The number of carbonyl (C=O) groups excluding carboxylic acids is 1. The fourth-order valence-electron chi connectivity index (χ4n) is 2.44. The number of hydrogen-bond donors (Lipinski definition) is 2. The van der Waals surface area contributed by atoms with E-state index in [4.69, 9.17) is 11.6 Å². The number of anilines is 1. The quantitative estimate of drug-likeness (QED) is 0.713. The van der Waals surface area contributed by atoms with E-state index in [0.29, 0.717) is 11.4 Å². The fraction of sp³-hybridized carbons (Fsp3) is 0.222. The van der Waals surface area contributed by atoms with Crippen molar-refractivity contribution >= 4 is 34.2 Å². The van der Waals surface area contributed by atoms with Crippen LogP contribution in [0.3, 0.4) is 0 Å². The SMILES string of the molecule is CCCC(=O)Nc1ccc(-c2nc3cc(Cl)c(C)cc3[nH]2)cc1. The van der Waals surface area contributed by atoms with Crippen LogP contribution < -0.4 is 5.32 Å². The van der Waals surface area contributed by atoms with E-state index in [0.717, 1.165) is 40.1 Å². The van der Waals surface area contributed by atoms with E-state index in [1.165, 1.54) is 0 Å². The smallest absolute Gasteiger partial charge is 0.224 e. The minimum Gasteiger partial charge on any atom is -0.338 e. The monoisotopic (exact) mass is 327 g/mol. The zero-order valence-corrected chi connectivity index (χ0v) is 13.9. The van der Waals surface area contributed by atoms with Crippen LogP contribution in [0.5, 0.6) is 0 Å². The Morgan fingerprint density at radius 2 is 2.00 bits per heavy atom. The second-order valence-corrected chi connectivity index (χ2v) is 5.99. The van der Waals surface area contributed by atoms with Crippen LogP contribution in [-0.4, -0.2) is 15.9 Å². The zero-order valence-electron chi connectivity index (χ0n) is 13.1. The van der Waals surface area contributed by atoms with Gasteiger partial charge in [0, 0.05) is 22.7 Å². The summed E-state index contributed by atoms with van der Waals surface area (Å²) in [7, 11) is 0. The lowest BCUT2D eigenvalue weighted by atomic mass is 10.2. The summed E-state index contributed by atoms with van der Waals surface area (Å²) in [5, 5.41) is 3.59. The molecule has 0 aliphatic carbocycles. The number of aryl methyl sites for hydroxylation is 1. The number of benzene rings is 2. The van der Waals surface area contributed by atoms with Crippen LogP contribution >= 0.6 is 11.6 Å². The highest BCUT2D eigenvalue weighted by Crippen LogP contribution is 2.26. The summed E-state index contributed by atoms with van der Waals surface area (Å²) in [6, 6.07) is 11.5. The molecule has 0 aliphatic heterocycles. The van der Waals surface area contributed by atoms with E-state index in [9.17, 15) is 4.79 Å². The van der Waals surface area contributed by atoms with Crippen LogP contribution in [0.4, 0.5) is 5.69 Å². The molecule has 118 valence electrons. The fourth-order valence-corrected chi connectivity index (χ4v) is 2.60. The minimum absolute atomic E-state index is 0.0362.